The van der Waals surface area contributed by atoms with Crippen LogP contribution in [0.2, 0.25) is 0 Å². The first-order chi connectivity index (χ1) is 6.25. The Balaban J connectivity index is 2.41. The minimum Gasteiger partial charge on any atom is -0.278 e. The maximum absolute atomic E-state index is 4.09. The normalized spacial score (nSPS) is 10.3. The Morgan fingerprint density at radius 2 is 1.92 bits per heavy atom. The molecule has 0 saturated carbocycles. The molecule has 66 valence electrons. The zero-order valence-corrected chi connectivity index (χ0v) is 9.37. The van der Waals surface area contributed by atoms with Gasteiger partial charge in [-0.05, 0) is 53.3 Å². The third-order valence-electron chi connectivity index (χ3n) is 1.86. The fraction of sp³-hybridized carbons (Fsp3) is 0.100. The number of benzene rings is 1. The van der Waals surface area contributed by atoms with Crippen LogP contribution in [0.1, 0.15) is 5.69 Å². The molecule has 0 amide bonds. The van der Waals surface area contributed by atoms with Crippen molar-refractivity contribution in [3.8, 4) is 11.3 Å². The lowest BCUT2D eigenvalue weighted by Crippen LogP contribution is -1.77. The Morgan fingerprint density at radius 3 is 2.46 bits per heavy atom. The van der Waals surface area contributed by atoms with Crippen LogP contribution in [0.3, 0.4) is 0 Å². The molecule has 0 spiro atoms. The molecule has 0 aliphatic carbocycles. The predicted octanol–water partition coefficient (Wildman–Crippen LogP) is 2.99. The summed E-state index contributed by atoms with van der Waals surface area (Å²) in [5.74, 6) is 0. The van der Waals surface area contributed by atoms with E-state index < -0.39 is 0 Å². The second-order valence-electron chi connectivity index (χ2n) is 2.93. The molecular formula is C10H9IN2. The van der Waals surface area contributed by atoms with Crippen molar-refractivity contribution in [1.82, 2.24) is 10.2 Å². The summed E-state index contributed by atoms with van der Waals surface area (Å²) >= 11 is 2.30. The number of nitrogens with zero attached hydrogens (tertiary/aromatic N) is 1. The number of hydrogen-bond donors (Lipinski definition) is 1. The van der Waals surface area contributed by atoms with Gasteiger partial charge < -0.3 is 0 Å². The lowest BCUT2D eigenvalue weighted by Gasteiger charge is -1.95. The van der Waals surface area contributed by atoms with E-state index in [1.807, 2.05) is 13.0 Å². The van der Waals surface area contributed by atoms with Crippen molar-refractivity contribution in [2.45, 2.75) is 6.92 Å². The van der Waals surface area contributed by atoms with E-state index in [1.54, 1.807) is 0 Å². The molecule has 1 N–H and O–H groups in total. The van der Waals surface area contributed by atoms with Crippen molar-refractivity contribution in [2.24, 2.45) is 0 Å². The van der Waals surface area contributed by atoms with E-state index in [2.05, 4.69) is 57.1 Å². The Bertz CT molecular complexity index is 403. The van der Waals surface area contributed by atoms with Gasteiger partial charge in [-0.2, -0.15) is 5.10 Å². The fourth-order valence-electron chi connectivity index (χ4n) is 1.20. The third-order valence-corrected chi connectivity index (χ3v) is 2.58. The summed E-state index contributed by atoms with van der Waals surface area (Å²) < 4.78 is 1.25. The van der Waals surface area contributed by atoms with Crippen LogP contribution in [-0.4, -0.2) is 10.2 Å². The van der Waals surface area contributed by atoms with Gasteiger partial charge in [0.1, 0.15) is 0 Å². The monoisotopic (exact) mass is 284 g/mol. The van der Waals surface area contributed by atoms with E-state index in [4.69, 9.17) is 0 Å². The van der Waals surface area contributed by atoms with Gasteiger partial charge in [-0.1, -0.05) is 12.1 Å². The van der Waals surface area contributed by atoms with Crippen molar-refractivity contribution in [3.05, 3.63) is 39.6 Å². The maximum Gasteiger partial charge on any atom is 0.0652 e. The fourth-order valence-corrected chi connectivity index (χ4v) is 1.56. The number of H-pyrrole nitrogens is 1. The summed E-state index contributed by atoms with van der Waals surface area (Å²) in [5, 5.41) is 7.08. The highest BCUT2D eigenvalue weighted by atomic mass is 127. The molecule has 0 atom stereocenters. The van der Waals surface area contributed by atoms with E-state index in [-0.39, 0.29) is 0 Å². The van der Waals surface area contributed by atoms with Gasteiger partial charge in [0.2, 0.25) is 0 Å². The molecule has 1 heterocycles. The van der Waals surface area contributed by atoms with Crippen molar-refractivity contribution in [1.29, 1.82) is 0 Å². The van der Waals surface area contributed by atoms with E-state index in [9.17, 15) is 0 Å². The van der Waals surface area contributed by atoms with E-state index in [0.29, 0.717) is 0 Å². The summed E-state index contributed by atoms with van der Waals surface area (Å²) in [7, 11) is 0. The number of halogens is 1. The number of hydrogen-bond acceptors (Lipinski definition) is 1. The molecule has 2 rings (SSSR count). The van der Waals surface area contributed by atoms with Gasteiger partial charge in [0.25, 0.3) is 0 Å². The third kappa shape index (κ3) is 1.91. The van der Waals surface area contributed by atoms with Gasteiger partial charge in [0.05, 0.1) is 11.4 Å². The molecule has 1 aromatic carbocycles. The molecule has 0 saturated heterocycles. The zero-order valence-electron chi connectivity index (χ0n) is 7.21. The molecule has 2 aromatic rings. The Hall–Kier alpha value is -0.840. The Labute approximate surface area is 90.5 Å². The summed E-state index contributed by atoms with van der Waals surface area (Å²) in [5.41, 5.74) is 3.28. The van der Waals surface area contributed by atoms with E-state index >= 15 is 0 Å². The van der Waals surface area contributed by atoms with Crippen LogP contribution in [0.15, 0.2) is 30.3 Å². The standard InChI is InChI=1S/C10H9IN2/c1-7-6-10(13-12-7)8-2-4-9(11)5-3-8/h2-6H,1H3,(H,12,13). The molecule has 1 aromatic heterocycles. The van der Waals surface area contributed by atoms with E-state index in [1.165, 1.54) is 9.13 Å². The molecule has 0 aliphatic heterocycles. The topological polar surface area (TPSA) is 28.7 Å². The molecule has 3 heteroatoms. The first-order valence-corrected chi connectivity index (χ1v) is 5.11. The Morgan fingerprint density at radius 1 is 1.23 bits per heavy atom. The van der Waals surface area contributed by atoms with Gasteiger partial charge in [0.15, 0.2) is 0 Å². The van der Waals surface area contributed by atoms with Gasteiger partial charge in [-0.15, -0.1) is 0 Å². The number of aryl methyl sites for hydroxylation is 1. The number of nitrogens with one attached hydrogen (secondary N) is 1. The second kappa shape index (κ2) is 3.49. The summed E-state index contributed by atoms with van der Waals surface area (Å²) in [6, 6.07) is 10.4. The highest BCUT2D eigenvalue weighted by Crippen LogP contribution is 2.18. The van der Waals surface area contributed by atoms with Crippen LogP contribution in [0.25, 0.3) is 11.3 Å². The molecule has 0 fully saturated rings. The van der Waals surface area contributed by atoms with Crippen LogP contribution < -0.4 is 0 Å². The first kappa shape index (κ1) is 8.74. The largest absolute Gasteiger partial charge is 0.278 e. The first-order valence-electron chi connectivity index (χ1n) is 4.03. The molecule has 0 radical (unpaired) electrons. The average molecular weight is 284 g/mol. The molecule has 0 unspecified atom stereocenters. The van der Waals surface area contributed by atoms with Crippen LogP contribution in [0.5, 0.6) is 0 Å². The number of rotatable bonds is 1. The van der Waals surface area contributed by atoms with Crippen LogP contribution >= 0.6 is 22.6 Å². The average Bonchev–Trinajstić information content (AvgIpc) is 2.53. The predicted molar refractivity (Wildman–Crippen MR) is 61.5 cm³/mol. The SMILES string of the molecule is Cc1cc(-c2ccc(I)cc2)[nH]n1. The molecule has 0 aliphatic rings. The van der Waals surface area contributed by atoms with Crippen molar-refractivity contribution >= 4 is 22.6 Å². The quantitative estimate of drug-likeness (QED) is 0.801. The van der Waals surface area contributed by atoms with Crippen molar-refractivity contribution < 1.29 is 0 Å². The summed E-state index contributed by atoms with van der Waals surface area (Å²) in [6.45, 7) is 1.98. The number of aromatic amines is 1. The highest BCUT2D eigenvalue weighted by molar-refractivity contribution is 14.1. The second-order valence-corrected chi connectivity index (χ2v) is 4.18. The van der Waals surface area contributed by atoms with Gasteiger partial charge in [0, 0.05) is 3.57 Å². The van der Waals surface area contributed by atoms with Gasteiger partial charge in [-0.3, -0.25) is 5.10 Å². The van der Waals surface area contributed by atoms with Crippen molar-refractivity contribution in [2.75, 3.05) is 0 Å². The molecule has 2 nitrogen and oxygen atoms in total. The summed E-state index contributed by atoms with van der Waals surface area (Å²) in [6.07, 6.45) is 0. The zero-order chi connectivity index (χ0) is 9.26. The lowest BCUT2D eigenvalue weighted by molar-refractivity contribution is 1.05. The minimum absolute atomic E-state index is 1.02. The minimum atomic E-state index is 1.02. The smallest absolute Gasteiger partial charge is 0.0652 e. The molecular weight excluding hydrogens is 275 g/mol. The Kier molecular flexibility index (Phi) is 2.35. The van der Waals surface area contributed by atoms with Crippen LogP contribution in [-0.2, 0) is 0 Å². The summed E-state index contributed by atoms with van der Waals surface area (Å²) in [4.78, 5) is 0. The van der Waals surface area contributed by atoms with Crippen molar-refractivity contribution in [3.63, 3.8) is 0 Å². The maximum atomic E-state index is 4.09. The lowest BCUT2D eigenvalue weighted by atomic mass is 10.1. The van der Waals surface area contributed by atoms with Gasteiger partial charge >= 0.3 is 0 Å². The van der Waals surface area contributed by atoms with Crippen LogP contribution in [0, 0.1) is 10.5 Å². The van der Waals surface area contributed by atoms with Crippen LogP contribution in [0.4, 0.5) is 0 Å². The van der Waals surface area contributed by atoms with Gasteiger partial charge in [-0.25, -0.2) is 0 Å². The number of aromatic nitrogens is 2. The van der Waals surface area contributed by atoms with E-state index in [0.717, 1.165) is 11.4 Å². The molecule has 0 bridgehead atoms. The highest BCUT2D eigenvalue weighted by Gasteiger charge is 1.99. The molecule has 13 heavy (non-hydrogen) atoms.